The van der Waals surface area contributed by atoms with Crippen LogP contribution in [0.15, 0.2) is 43.0 Å². The Balaban J connectivity index is 1.56. The summed E-state index contributed by atoms with van der Waals surface area (Å²) in [6, 6.07) is 6.67. The average molecular weight is 330 g/mol. The number of anilines is 1. The first-order valence-corrected chi connectivity index (χ1v) is 8.39. The molecule has 0 aliphatic carbocycles. The van der Waals surface area contributed by atoms with Gasteiger partial charge in [0, 0.05) is 56.7 Å². The fourth-order valence-corrected chi connectivity index (χ4v) is 3.09. The van der Waals surface area contributed by atoms with Crippen LogP contribution in [0.3, 0.4) is 0 Å². The van der Waals surface area contributed by atoms with Gasteiger partial charge in [-0.15, -0.1) is 0 Å². The topological polar surface area (TPSA) is 41.4 Å². The van der Waals surface area contributed by atoms with Crippen molar-refractivity contribution >= 4 is 11.6 Å². The molecule has 0 saturated carbocycles. The molecule has 128 valence electrons. The van der Waals surface area contributed by atoms with E-state index < -0.39 is 0 Å². The number of benzene rings is 1. The lowest BCUT2D eigenvalue weighted by atomic mass is 10.2. The Morgan fingerprint density at radius 1 is 1.21 bits per heavy atom. The molecule has 1 aliphatic rings. The van der Waals surface area contributed by atoms with Gasteiger partial charge in [-0.3, -0.25) is 4.79 Å². The molecule has 24 heavy (non-hydrogen) atoms. The highest BCUT2D eigenvalue weighted by molar-refractivity contribution is 5.76. The maximum Gasteiger partial charge on any atom is 0.224 e. The number of nitrogens with zero attached hydrogens (tertiary/aromatic N) is 4. The van der Waals surface area contributed by atoms with Crippen molar-refractivity contribution in [1.82, 2.24) is 14.5 Å². The van der Waals surface area contributed by atoms with Gasteiger partial charge < -0.3 is 14.4 Å². The summed E-state index contributed by atoms with van der Waals surface area (Å²) in [4.78, 5) is 20.8. The summed E-state index contributed by atoms with van der Waals surface area (Å²) >= 11 is 0. The fraction of sp³-hybridized carbons (Fsp3) is 0.444. The van der Waals surface area contributed by atoms with Gasteiger partial charge in [-0.2, -0.15) is 0 Å². The van der Waals surface area contributed by atoms with Crippen LogP contribution in [0.1, 0.15) is 25.8 Å². The summed E-state index contributed by atoms with van der Waals surface area (Å²) in [5.41, 5.74) is 1.01. The molecule has 1 aromatic carbocycles. The Labute approximate surface area is 141 Å². The molecule has 0 unspecified atom stereocenters. The first kappa shape index (κ1) is 16.5. The molecule has 1 atom stereocenters. The van der Waals surface area contributed by atoms with Gasteiger partial charge in [0.15, 0.2) is 0 Å². The van der Waals surface area contributed by atoms with Crippen LogP contribution < -0.4 is 4.90 Å². The molecule has 1 aromatic heterocycles. The SMILES string of the molecule is C[C@@H](CC(=O)N1CCCN(c2ccc(F)cc2)CC1)n1ccnc1. The van der Waals surface area contributed by atoms with Gasteiger partial charge >= 0.3 is 0 Å². The van der Waals surface area contributed by atoms with Gasteiger partial charge in [0.2, 0.25) is 5.91 Å². The number of imidazole rings is 1. The highest BCUT2D eigenvalue weighted by Gasteiger charge is 2.21. The Bertz CT molecular complexity index is 656. The molecular weight excluding hydrogens is 307 g/mol. The zero-order valence-corrected chi connectivity index (χ0v) is 13.9. The van der Waals surface area contributed by atoms with Crippen molar-refractivity contribution < 1.29 is 9.18 Å². The van der Waals surface area contributed by atoms with E-state index in [-0.39, 0.29) is 17.8 Å². The number of carbonyl (C=O) groups is 1. The molecule has 3 rings (SSSR count). The van der Waals surface area contributed by atoms with E-state index in [0.29, 0.717) is 13.0 Å². The van der Waals surface area contributed by atoms with E-state index in [9.17, 15) is 9.18 Å². The number of halogens is 1. The Kier molecular flexibility index (Phi) is 5.13. The minimum atomic E-state index is -0.223. The molecule has 1 saturated heterocycles. The van der Waals surface area contributed by atoms with Gasteiger partial charge in [0.25, 0.3) is 0 Å². The van der Waals surface area contributed by atoms with Crippen LogP contribution in [0.5, 0.6) is 0 Å². The second-order valence-corrected chi connectivity index (χ2v) is 6.26. The zero-order chi connectivity index (χ0) is 16.9. The molecule has 0 bridgehead atoms. The van der Waals surface area contributed by atoms with Crippen molar-refractivity contribution in [3.63, 3.8) is 0 Å². The van der Waals surface area contributed by atoms with Crippen molar-refractivity contribution in [3.05, 3.63) is 48.8 Å². The largest absolute Gasteiger partial charge is 0.370 e. The number of hydrogen-bond acceptors (Lipinski definition) is 3. The summed E-state index contributed by atoms with van der Waals surface area (Å²) in [7, 11) is 0. The summed E-state index contributed by atoms with van der Waals surface area (Å²) in [5, 5.41) is 0. The third-order valence-corrected chi connectivity index (χ3v) is 4.54. The maximum atomic E-state index is 13.1. The van der Waals surface area contributed by atoms with Crippen molar-refractivity contribution in [2.75, 3.05) is 31.1 Å². The van der Waals surface area contributed by atoms with Gasteiger partial charge in [0.1, 0.15) is 5.82 Å². The van der Waals surface area contributed by atoms with E-state index in [1.54, 1.807) is 24.7 Å². The molecular formula is C18H23FN4O. The number of hydrogen-bond donors (Lipinski definition) is 0. The smallest absolute Gasteiger partial charge is 0.224 e. The van der Waals surface area contributed by atoms with Crippen molar-refractivity contribution in [2.24, 2.45) is 0 Å². The summed E-state index contributed by atoms with van der Waals surface area (Å²) < 4.78 is 15.0. The van der Waals surface area contributed by atoms with E-state index in [1.165, 1.54) is 12.1 Å². The van der Waals surface area contributed by atoms with E-state index in [1.807, 2.05) is 22.6 Å². The minimum absolute atomic E-state index is 0.108. The van der Waals surface area contributed by atoms with Crippen LogP contribution in [0.25, 0.3) is 0 Å². The highest BCUT2D eigenvalue weighted by atomic mass is 19.1. The lowest BCUT2D eigenvalue weighted by Crippen LogP contribution is -2.36. The third kappa shape index (κ3) is 3.93. The summed E-state index contributed by atoms with van der Waals surface area (Å²) in [6.45, 7) is 5.16. The van der Waals surface area contributed by atoms with Gasteiger partial charge in [-0.1, -0.05) is 0 Å². The Hall–Kier alpha value is -2.37. The van der Waals surface area contributed by atoms with Crippen LogP contribution in [0, 0.1) is 5.82 Å². The predicted molar refractivity (Wildman–Crippen MR) is 91.4 cm³/mol. The van der Waals surface area contributed by atoms with Crippen molar-refractivity contribution in [1.29, 1.82) is 0 Å². The number of carbonyl (C=O) groups excluding carboxylic acids is 1. The van der Waals surface area contributed by atoms with Crippen LogP contribution in [0.2, 0.25) is 0 Å². The fourth-order valence-electron chi connectivity index (χ4n) is 3.09. The lowest BCUT2D eigenvalue weighted by molar-refractivity contribution is -0.131. The van der Waals surface area contributed by atoms with Gasteiger partial charge in [-0.05, 0) is 37.6 Å². The molecule has 1 fully saturated rings. The molecule has 1 aliphatic heterocycles. The quantitative estimate of drug-likeness (QED) is 0.865. The van der Waals surface area contributed by atoms with Crippen LogP contribution in [0.4, 0.5) is 10.1 Å². The van der Waals surface area contributed by atoms with Gasteiger partial charge in [-0.25, -0.2) is 9.37 Å². The summed E-state index contributed by atoms with van der Waals surface area (Å²) in [6.07, 6.45) is 6.76. The monoisotopic (exact) mass is 330 g/mol. The highest BCUT2D eigenvalue weighted by Crippen LogP contribution is 2.18. The van der Waals surface area contributed by atoms with Crippen LogP contribution in [-0.4, -0.2) is 46.5 Å². The molecule has 0 spiro atoms. The molecule has 1 amide bonds. The van der Waals surface area contributed by atoms with E-state index >= 15 is 0 Å². The molecule has 2 heterocycles. The van der Waals surface area contributed by atoms with Crippen molar-refractivity contribution in [3.8, 4) is 0 Å². The molecule has 2 aromatic rings. The normalized spacial score (nSPS) is 16.8. The van der Waals surface area contributed by atoms with Crippen LogP contribution in [-0.2, 0) is 4.79 Å². The van der Waals surface area contributed by atoms with E-state index in [4.69, 9.17) is 0 Å². The first-order valence-electron chi connectivity index (χ1n) is 8.39. The van der Waals surface area contributed by atoms with Crippen molar-refractivity contribution in [2.45, 2.75) is 25.8 Å². The molecule has 6 heteroatoms. The zero-order valence-electron chi connectivity index (χ0n) is 13.9. The van der Waals surface area contributed by atoms with Gasteiger partial charge in [0.05, 0.1) is 6.33 Å². The minimum Gasteiger partial charge on any atom is -0.370 e. The number of rotatable bonds is 4. The second kappa shape index (κ2) is 7.47. The molecule has 0 N–H and O–H groups in total. The predicted octanol–water partition coefficient (Wildman–Crippen LogP) is 2.71. The average Bonchev–Trinajstić information content (AvgIpc) is 3.00. The summed E-state index contributed by atoms with van der Waals surface area (Å²) in [5.74, 6) is -0.0454. The second-order valence-electron chi connectivity index (χ2n) is 6.26. The first-order chi connectivity index (χ1) is 11.6. The van der Waals surface area contributed by atoms with E-state index in [0.717, 1.165) is 31.7 Å². The standard InChI is InChI=1S/C18H23FN4O/c1-15(23-10-7-20-14-23)13-18(24)22-9-2-8-21(11-12-22)17-5-3-16(19)4-6-17/h3-7,10,14-15H,2,8-9,11-13H2,1H3/t15-/m0/s1. The Morgan fingerprint density at radius 2 is 2.00 bits per heavy atom. The molecule has 5 nitrogen and oxygen atoms in total. The number of amides is 1. The number of aromatic nitrogens is 2. The third-order valence-electron chi connectivity index (χ3n) is 4.54. The maximum absolute atomic E-state index is 13.1. The lowest BCUT2D eigenvalue weighted by Gasteiger charge is -2.24. The van der Waals surface area contributed by atoms with E-state index in [2.05, 4.69) is 9.88 Å². The molecule has 0 radical (unpaired) electrons. The van der Waals surface area contributed by atoms with Crippen LogP contribution >= 0.6 is 0 Å². The Morgan fingerprint density at radius 3 is 2.71 bits per heavy atom.